The van der Waals surface area contributed by atoms with Crippen LogP contribution in [0.2, 0.25) is 5.02 Å². The van der Waals surface area contributed by atoms with Gasteiger partial charge in [-0.1, -0.05) is 48.0 Å². The Morgan fingerprint density at radius 1 is 1.04 bits per heavy atom. The van der Waals surface area contributed by atoms with E-state index in [9.17, 15) is 9.59 Å². The Labute approximate surface area is 146 Å². The maximum atomic E-state index is 12.3. The van der Waals surface area contributed by atoms with Gasteiger partial charge in [0.15, 0.2) is 0 Å². The summed E-state index contributed by atoms with van der Waals surface area (Å²) in [5.41, 5.74) is 2.95. The summed E-state index contributed by atoms with van der Waals surface area (Å²) in [6.07, 6.45) is 1.17. The maximum absolute atomic E-state index is 12.3. The van der Waals surface area contributed by atoms with Crippen LogP contribution in [-0.4, -0.2) is 29.8 Å². The van der Waals surface area contributed by atoms with Gasteiger partial charge in [0.2, 0.25) is 5.91 Å². The molecule has 1 aliphatic rings. The standard InChI is InChI=1S/C19H19ClN2O2/c20-17-8-4-3-7-16(17)19(24)21-11-9-18(23)22-12-10-14-5-1-2-6-15(14)13-22/h1-8H,9-13H2,(H,21,24). The average molecular weight is 343 g/mol. The lowest BCUT2D eigenvalue weighted by Crippen LogP contribution is -2.38. The van der Waals surface area contributed by atoms with E-state index in [4.69, 9.17) is 11.6 Å². The number of benzene rings is 2. The smallest absolute Gasteiger partial charge is 0.252 e. The second kappa shape index (κ2) is 7.49. The molecule has 2 amide bonds. The van der Waals surface area contributed by atoms with Gasteiger partial charge in [-0.2, -0.15) is 0 Å². The third-order valence-corrected chi connectivity index (χ3v) is 4.56. The molecule has 2 aromatic rings. The largest absolute Gasteiger partial charge is 0.351 e. The van der Waals surface area contributed by atoms with Gasteiger partial charge in [-0.05, 0) is 29.7 Å². The molecule has 3 rings (SSSR count). The molecular weight excluding hydrogens is 324 g/mol. The molecule has 0 fully saturated rings. The summed E-state index contributed by atoms with van der Waals surface area (Å²) in [6.45, 7) is 1.68. The lowest BCUT2D eigenvalue weighted by Gasteiger charge is -2.29. The molecule has 0 saturated carbocycles. The Balaban J connectivity index is 1.50. The van der Waals surface area contributed by atoms with Crippen molar-refractivity contribution in [3.05, 3.63) is 70.2 Å². The number of fused-ring (bicyclic) bond motifs is 1. The zero-order valence-corrected chi connectivity index (χ0v) is 14.1. The fourth-order valence-corrected chi connectivity index (χ4v) is 3.11. The molecule has 0 spiro atoms. The number of nitrogens with zero attached hydrogens (tertiary/aromatic N) is 1. The van der Waals surface area contributed by atoms with Crippen LogP contribution in [0.5, 0.6) is 0 Å². The molecule has 1 aliphatic heterocycles. The fraction of sp³-hybridized carbons (Fsp3) is 0.263. The molecule has 4 nitrogen and oxygen atoms in total. The van der Waals surface area contributed by atoms with E-state index in [1.54, 1.807) is 24.3 Å². The maximum Gasteiger partial charge on any atom is 0.252 e. The van der Waals surface area contributed by atoms with Crippen LogP contribution in [0.15, 0.2) is 48.5 Å². The molecule has 24 heavy (non-hydrogen) atoms. The first kappa shape index (κ1) is 16.5. The van der Waals surface area contributed by atoms with Crippen molar-refractivity contribution in [2.45, 2.75) is 19.4 Å². The van der Waals surface area contributed by atoms with Gasteiger partial charge < -0.3 is 10.2 Å². The number of amides is 2. The van der Waals surface area contributed by atoms with Gasteiger partial charge in [0.05, 0.1) is 10.6 Å². The quantitative estimate of drug-likeness (QED) is 0.928. The molecule has 0 aliphatic carbocycles. The van der Waals surface area contributed by atoms with Crippen LogP contribution in [0, 0.1) is 0 Å². The van der Waals surface area contributed by atoms with Gasteiger partial charge in [0.25, 0.3) is 5.91 Å². The summed E-state index contributed by atoms with van der Waals surface area (Å²) < 4.78 is 0. The highest BCUT2D eigenvalue weighted by Gasteiger charge is 2.20. The normalized spacial score (nSPS) is 13.3. The Hall–Kier alpha value is -2.33. The molecule has 0 saturated heterocycles. The van der Waals surface area contributed by atoms with E-state index in [-0.39, 0.29) is 11.8 Å². The number of carbonyl (C=O) groups excluding carboxylic acids is 2. The second-order valence-corrected chi connectivity index (χ2v) is 6.23. The van der Waals surface area contributed by atoms with Gasteiger partial charge in [-0.3, -0.25) is 9.59 Å². The Bertz CT molecular complexity index is 761. The SMILES string of the molecule is O=C(NCCC(=O)N1CCc2ccccc2C1)c1ccccc1Cl. The highest BCUT2D eigenvalue weighted by atomic mass is 35.5. The third kappa shape index (κ3) is 3.77. The summed E-state index contributed by atoms with van der Waals surface area (Å²) in [6, 6.07) is 15.1. The van der Waals surface area contributed by atoms with Crippen molar-refractivity contribution in [3.8, 4) is 0 Å². The van der Waals surface area contributed by atoms with E-state index in [1.807, 2.05) is 17.0 Å². The average Bonchev–Trinajstić information content (AvgIpc) is 2.61. The molecule has 0 aromatic heterocycles. The minimum absolute atomic E-state index is 0.0592. The number of hydrogen-bond donors (Lipinski definition) is 1. The van der Waals surface area contributed by atoms with Gasteiger partial charge in [-0.25, -0.2) is 0 Å². The molecular formula is C19H19ClN2O2. The van der Waals surface area contributed by atoms with E-state index in [2.05, 4.69) is 17.4 Å². The lowest BCUT2D eigenvalue weighted by atomic mass is 10.00. The number of nitrogens with one attached hydrogen (secondary N) is 1. The number of halogens is 1. The first-order chi connectivity index (χ1) is 11.6. The van der Waals surface area contributed by atoms with E-state index in [0.717, 1.165) is 13.0 Å². The van der Waals surface area contributed by atoms with Crippen molar-refractivity contribution < 1.29 is 9.59 Å². The van der Waals surface area contributed by atoms with Gasteiger partial charge in [0, 0.05) is 26.1 Å². The Morgan fingerprint density at radius 3 is 2.54 bits per heavy atom. The van der Waals surface area contributed by atoms with Crippen molar-refractivity contribution in [2.75, 3.05) is 13.1 Å². The molecule has 0 radical (unpaired) electrons. The molecule has 0 atom stereocenters. The molecule has 0 bridgehead atoms. The predicted molar refractivity (Wildman–Crippen MR) is 94.0 cm³/mol. The van der Waals surface area contributed by atoms with Gasteiger partial charge in [-0.15, -0.1) is 0 Å². The van der Waals surface area contributed by atoms with Crippen molar-refractivity contribution >= 4 is 23.4 Å². The van der Waals surface area contributed by atoms with Crippen molar-refractivity contribution in [1.82, 2.24) is 10.2 Å². The summed E-state index contributed by atoms with van der Waals surface area (Å²) >= 11 is 5.99. The fourth-order valence-electron chi connectivity index (χ4n) is 2.89. The van der Waals surface area contributed by atoms with E-state index < -0.39 is 0 Å². The van der Waals surface area contributed by atoms with Crippen LogP contribution in [0.1, 0.15) is 27.9 Å². The van der Waals surface area contributed by atoms with E-state index in [0.29, 0.717) is 30.1 Å². The highest BCUT2D eigenvalue weighted by molar-refractivity contribution is 6.33. The summed E-state index contributed by atoms with van der Waals surface area (Å²) in [4.78, 5) is 26.3. The van der Waals surface area contributed by atoms with Crippen LogP contribution in [-0.2, 0) is 17.8 Å². The molecule has 2 aromatic carbocycles. The van der Waals surface area contributed by atoms with Gasteiger partial charge >= 0.3 is 0 Å². The minimum atomic E-state index is -0.252. The molecule has 0 unspecified atom stereocenters. The summed E-state index contributed by atoms with van der Waals surface area (Å²) in [5.74, 6) is -0.193. The van der Waals surface area contributed by atoms with E-state index >= 15 is 0 Å². The second-order valence-electron chi connectivity index (χ2n) is 5.82. The molecule has 5 heteroatoms. The predicted octanol–water partition coefficient (Wildman–Crippen LogP) is 3.04. The molecule has 1 heterocycles. The van der Waals surface area contributed by atoms with Crippen molar-refractivity contribution in [1.29, 1.82) is 0 Å². The summed E-state index contributed by atoms with van der Waals surface area (Å²) in [5, 5.41) is 3.17. The van der Waals surface area contributed by atoms with Crippen LogP contribution >= 0.6 is 11.6 Å². The van der Waals surface area contributed by atoms with Crippen molar-refractivity contribution in [2.24, 2.45) is 0 Å². The van der Waals surface area contributed by atoms with Crippen LogP contribution in [0.4, 0.5) is 0 Å². The zero-order chi connectivity index (χ0) is 16.9. The molecule has 124 valence electrons. The first-order valence-electron chi connectivity index (χ1n) is 8.02. The Kier molecular flexibility index (Phi) is 5.16. The van der Waals surface area contributed by atoms with Crippen LogP contribution in [0.25, 0.3) is 0 Å². The minimum Gasteiger partial charge on any atom is -0.351 e. The topological polar surface area (TPSA) is 49.4 Å². The highest BCUT2D eigenvalue weighted by Crippen LogP contribution is 2.19. The number of carbonyl (C=O) groups is 2. The lowest BCUT2D eigenvalue weighted by molar-refractivity contribution is -0.131. The van der Waals surface area contributed by atoms with Crippen LogP contribution < -0.4 is 5.32 Å². The molecule has 1 N–H and O–H groups in total. The number of hydrogen-bond acceptors (Lipinski definition) is 2. The van der Waals surface area contributed by atoms with E-state index in [1.165, 1.54) is 11.1 Å². The van der Waals surface area contributed by atoms with Crippen LogP contribution in [0.3, 0.4) is 0 Å². The first-order valence-corrected chi connectivity index (χ1v) is 8.40. The zero-order valence-electron chi connectivity index (χ0n) is 13.3. The van der Waals surface area contributed by atoms with Gasteiger partial charge in [0.1, 0.15) is 0 Å². The monoisotopic (exact) mass is 342 g/mol. The Morgan fingerprint density at radius 2 is 1.75 bits per heavy atom. The number of rotatable bonds is 4. The van der Waals surface area contributed by atoms with Crippen molar-refractivity contribution in [3.63, 3.8) is 0 Å². The summed E-state index contributed by atoms with van der Waals surface area (Å²) in [7, 11) is 0. The third-order valence-electron chi connectivity index (χ3n) is 4.23.